The SMILES string of the molecule is CNNCCC(=O)OC. The quantitative estimate of drug-likeness (QED) is 0.301. The number of nitrogens with one attached hydrogen (secondary N) is 2. The lowest BCUT2D eigenvalue weighted by atomic mass is 10.4. The lowest BCUT2D eigenvalue weighted by Gasteiger charge is -1.99. The number of hydrazine groups is 1. The molecular weight excluding hydrogens is 120 g/mol. The molecule has 0 fully saturated rings. The Labute approximate surface area is 54.5 Å². The molecule has 4 heteroatoms. The van der Waals surface area contributed by atoms with Gasteiger partial charge in [-0.15, -0.1) is 0 Å². The number of esters is 1. The van der Waals surface area contributed by atoms with E-state index in [0.717, 1.165) is 0 Å². The second-order valence-corrected chi connectivity index (χ2v) is 1.50. The van der Waals surface area contributed by atoms with Gasteiger partial charge in [-0.1, -0.05) is 0 Å². The lowest BCUT2D eigenvalue weighted by Crippen LogP contribution is -2.29. The Morgan fingerprint density at radius 1 is 1.67 bits per heavy atom. The molecule has 0 spiro atoms. The maximum absolute atomic E-state index is 10.4. The lowest BCUT2D eigenvalue weighted by molar-refractivity contribution is -0.140. The first-order chi connectivity index (χ1) is 4.31. The molecule has 0 radical (unpaired) electrons. The zero-order chi connectivity index (χ0) is 7.11. The van der Waals surface area contributed by atoms with Crippen LogP contribution in [-0.2, 0) is 9.53 Å². The van der Waals surface area contributed by atoms with Gasteiger partial charge in [0.25, 0.3) is 0 Å². The molecular formula is C5H12N2O2. The molecule has 0 saturated heterocycles. The summed E-state index contributed by atoms with van der Waals surface area (Å²) in [6.45, 7) is 0.600. The van der Waals surface area contributed by atoms with Crippen molar-refractivity contribution in [3.05, 3.63) is 0 Å². The summed E-state index contributed by atoms with van der Waals surface area (Å²) in [5.41, 5.74) is 5.45. The van der Waals surface area contributed by atoms with E-state index in [-0.39, 0.29) is 5.97 Å². The Morgan fingerprint density at radius 3 is 2.78 bits per heavy atom. The Balaban J connectivity index is 2.97. The number of rotatable bonds is 4. The standard InChI is InChI=1S/C5H12N2O2/c1-6-7-4-3-5(8)9-2/h6-7H,3-4H2,1-2H3. The summed E-state index contributed by atoms with van der Waals surface area (Å²) >= 11 is 0. The number of methoxy groups -OCH3 is 1. The molecule has 0 amide bonds. The van der Waals surface area contributed by atoms with Crippen LogP contribution in [0.15, 0.2) is 0 Å². The van der Waals surface area contributed by atoms with E-state index >= 15 is 0 Å². The molecule has 2 N–H and O–H groups in total. The molecule has 54 valence electrons. The van der Waals surface area contributed by atoms with Crippen LogP contribution in [0.4, 0.5) is 0 Å². The number of hydrogen-bond donors (Lipinski definition) is 2. The van der Waals surface area contributed by atoms with Crippen molar-refractivity contribution in [3.63, 3.8) is 0 Å². The second kappa shape index (κ2) is 5.53. The fourth-order valence-corrected chi connectivity index (χ4v) is 0.392. The Hall–Kier alpha value is -0.610. The summed E-state index contributed by atoms with van der Waals surface area (Å²) < 4.78 is 4.39. The highest BCUT2D eigenvalue weighted by Gasteiger charge is 1.95. The van der Waals surface area contributed by atoms with Gasteiger partial charge >= 0.3 is 5.97 Å². The minimum Gasteiger partial charge on any atom is -0.469 e. The van der Waals surface area contributed by atoms with Gasteiger partial charge in [0, 0.05) is 6.54 Å². The molecule has 0 unspecified atom stereocenters. The summed E-state index contributed by atoms with van der Waals surface area (Å²) in [6.07, 6.45) is 0.400. The van der Waals surface area contributed by atoms with E-state index in [1.165, 1.54) is 7.11 Å². The topological polar surface area (TPSA) is 50.4 Å². The van der Waals surface area contributed by atoms with Crippen LogP contribution in [0.2, 0.25) is 0 Å². The summed E-state index contributed by atoms with van der Waals surface area (Å²) in [5.74, 6) is -0.197. The average Bonchev–Trinajstić information content (AvgIpc) is 1.89. The molecule has 0 heterocycles. The van der Waals surface area contributed by atoms with Crippen molar-refractivity contribution in [2.75, 3.05) is 20.7 Å². The third kappa shape index (κ3) is 5.26. The van der Waals surface area contributed by atoms with Gasteiger partial charge in [0.2, 0.25) is 0 Å². The smallest absolute Gasteiger partial charge is 0.306 e. The van der Waals surface area contributed by atoms with Gasteiger partial charge in [-0.25, -0.2) is 0 Å². The van der Waals surface area contributed by atoms with Crippen LogP contribution in [-0.4, -0.2) is 26.7 Å². The summed E-state index contributed by atoms with van der Waals surface area (Å²) in [5, 5.41) is 0. The third-order valence-corrected chi connectivity index (χ3v) is 0.859. The van der Waals surface area contributed by atoms with E-state index in [2.05, 4.69) is 15.6 Å². The van der Waals surface area contributed by atoms with Gasteiger partial charge in [0.15, 0.2) is 0 Å². The van der Waals surface area contributed by atoms with Crippen LogP contribution < -0.4 is 10.9 Å². The van der Waals surface area contributed by atoms with Crippen molar-refractivity contribution < 1.29 is 9.53 Å². The van der Waals surface area contributed by atoms with Crippen molar-refractivity contribution in [3.8, 4) is 0 Å². The van der Waals surface area contributed by atoms with Gasteiger partial charge in [-0.2, -0.15) is 0 Å². The third-order valence-electron chi connectivity index (χ3n) is 0.859. The van der Waals surface area contributed by atoms with Crippen molar-refractivity contribution in [1.29, 1.82) is 0 Å². The number of hydrogen-bond acceptors (Lipinski definition) is 4. The Bertz CT molecular complexity index is 85.0. The molecule has 0 rings (SSSR count). The van der Waals surface area contributed by atoms with E-state index in [9.17, 15) is 4.79 Å². The molecule has 0 atom stereocenters. The fraction of sp³-hybridized carbons (Fsp3) is 0.800. The summed E-state index contributed by atoms with van der Waals surface area (Å²) in [6, 6.07) is 0. The van der Waals surface area contributed by atoms with Gasteiger partial charge in [0.1, 0.15) is 0 Å². The van der Waals surface area contributed by atoms with E-state index in [1.807, 2.05) is 0 Å². The zero-order valence-corrected chi connectivity index (χ0v) is 5.73. The van der Waals surface area contributed by atoms with E-state index < -0.39 is 0 Å². The number of ether oxygens (including phenoxy) is 1. The van der Waals surface area contributed by atoms with Crippen molar-refractivity contribution >= 4 is 5.97 Å². The molecule has 4 nitrogen and oxygen atoms in total. The van der Waals surface area contributed by atoms with Gasteiger partial charge in [0.05, 0.1) is 13.5 Å². The van der Waals surface area contributed by atoms with Gasteiger partial charge in [-0.3, -0.25) is 15.6 Å². The zero-order valence-electron chi connectivity index (χ0n) is 5.73. The van der Waals surface area contributed by atoms with Crippen LogP contribution >= 0.6 is 0 Å². The predicted molar refractivity (Wildman–Crippen MR) is 33.7 cm³/mol. The molecule has 0 aromatic carbocycles. The Morgan fingerprint density at radius 2 is 2.33 bits per heavy atom. The van der Waals surface area contributed by atoms with E-state index in [4.69, 9.17) is 0 Å². The molecule has 0 aliphatic carbocycles. The predicted octanol–water partition coefficient (Wildman–Crippen LogP) is -0.726. The molecule has 0 bridgehead atoms. The minimum atomic E-state index is -0.197. The maximum Gasteiger partial charge on any atom is 0.306 e. The summed E-state index contributed by atoms with van der Waals surface area (Å²) in [7, 11) is 3.12. The fourth-order valence-electron chi connectivity index (χ4n) is 0.392. The second-order valence-electron chi connectivity index (χ2n) is 1.50. The number of carbonyl (C=O) groups excluding carboxylic acids is 1. The molecule has 0 aliphatic rings. The van der Waals surface area contributed by atoms with Crippen molar-refractivity contribution in [2.24, 2.45) is 0 Å². The van der Waals surface area contributed by atoms with Crippen molar-refractivity contribution in [2.45, 2.75) is 6.42 Å². The number of carbonyl (C=O) groups is 1. The highest BCUT2D eigenvalue weighted by Crippen LogP contribution is 1.78. The maximum atomic E-state index is 10.4. The van der Waals surface area contributed by atoms with Crippen LogP contribution in [0.3, 0.4) is 0 Å². The van der Waals surface area contributed by atoms with Gasteiger partial charge in [-0.05, 0) is 7.05 Å². The molecule has 0 aromatic rings. The average molecular weight is 132 g/mol. The largest absolute Gasteiger partial charge is 0.469 e. The monoisotopic (exact) mass is 132 g/mol. The van der Waals surface area contributed by atoms with Crippen LogP contribution in [0.1, 0.15) is 6.42 Å². The van der Waals surface area contributed by atoms with Crippen LogP contribution in [0.25, 0.3) is 0 Å². The first kappa shape index (κ1) is 8.39. The highest BCUT2D eigenvalue weighted by molar-refractivity contribution is 5.69. The van der Waals surface area contributed by atoms with Crippen molar-refractivity contribution in [1.82, 2.24) is 10.9 Å². The summed E-state index contributed by atoms with van der Waals surface area (Å²) in [4.78, 5) is 10.4. The van der Waals surface area contributed by atoms with E-state index in [0.29, 0.717) is 13.0 Å². The van der Waals surface area contributed by atoms with E-state index in [1.54, 1.807) is 7.05 Å². The first-order valence-corrected chi connectivity index (χ1v) is 2.77. The van der Waals surface area contributed by atoms with Crippen LogP contribution in [0.5, 0.6) is 0 Å². The van der Waals surface area contributed by atoms with Gasteiger partial charge < -0.3 is 4.74 Å². The molecule has 0 saturated carbocycles. The first-order valence-electron chi connectivity index (χ1n) is 2.77. The molecule has 0 aromatic heterocycles. The minimum absolute atomic E-state index is 0.197. The highest BCUT2D eigenvalue weighted by atomic mass is 16.5. The normalized spacial score (nSPS) is 9.11. The molecule has 9 heavy (non-hydrogen) atoms. The Kier molecular flexibility index (Phi) is 5.15. The van der Waals surface area contributed by atoms with Crippen LogP contribution in [0, 0.1) is 0 Å². The molecule has 0 aliphatic heterocycles.